The van der Waals surface area contributed by atoms with Gasteiger partial charge in [-0.2, -0.15) is 0 Å². The lowest BCUT2D eigenvalue weighted by Gasteiger charge is -2.22. The van der Waals surface area contributed by atoms with Gasteiger partial charge in [0.25, 0.3) is 0 Å². The third-order valence-electron chi connectivity index (χ3n) is 5.39. The lowest BCUT2D eigenvalue weighted by molar-refractivity contribution is -0.135. The Morgan fingerprint density at radius 1 is 1.10 bits per heavy atom. The summed E-state index contributed by atoms with van der Waals surface area (Å²) in [6.45, 7) is 1.52. The van der Waals surface area contributed by atoms with Gasteiger partial charge in [0.05, 0.1) is 20.1 Å². The van der Waals surface area contributed by atoms with Crippen molar-refractivity contribution in [1.29, 1.82) is 0 Å². The molecule has 7 heteroatoms. The summed E-state index contributed by atoms with van der Waals surface area (Å²) in [5, 5.41) is 0.666. The molecule has 1 unspecified atom stereocenters. The van der Waals surface area contributed by atoms with Gasteiger partial charge >= 0.3 is 0 Å². The van der Waals surface area contributed by atoms with Crippen LogP contribution in [0, 0.1) is 5.92 Å². The van der Waals surface area contributed by atoms with Crippen LogP contribution in [0.25, 0.3) is 0 Å². The minimum Gasteiger partial charge on any atom is -0.493 e. The van der Waals surface area contributed by atoms with Gasteiger partial charge in [0.2, 0.25) is 11.8 Å². The molecule has 30 heavy (non-hydrogen) atoms. The fraction of sp³-hybridized carbons (Fsp3) is 0.391. The second-order valence-electron chi connectivity index (χ2n) is 7.50. The van der Waals surface area contributed by atoms with E-state index in [-0.39, 0.29) is 24.2 Å². The lowest BCUT2D eigenvalue weighted by atomic mass is 10.1. The van der Waals surface area contributed by atoms with Gasteiger partial charge in [-0.3, -0.25) is 9.59 Å². The first-order valence-electron chi connectivity index (χ1n) is 9.89. The Bertz CT molecular complexity index is 901. The van der Waals surface area contributed by atoms with E-state index >= 15 is 0 Å². The molecule has 0 N–H and O–H groups in total. The van der Waals surface area contributed by atoms with Gasteiger partial charge in [0.15, 0.2) is 11.5 Å². The molecule has 0 saturated carbocycles. The summed E-state index contributed by atoms with van der Waals surface area (Å²) >= 11 is 5.92. The SMILES string of the molecule is COc1ccc(CCN2CC(C(=O)N(C)Cc3ccc(Cl)cc3)CC2=O)cc1OC. The standard InChI is InChI=1S/C23H27ClN2O4/c1-25(14-17-4-7-19(24)8-5-17)23(28)18-13-22(27)26(15-18)11-10-16-6-9-20(29-2)21(12-16)30-3/h4-9,12,18H,10-11,13-15H2,1-3H3. The van der Waals surface area contributed by atoms with Crippen LogP contribution >= 0.6 is 11.6 Å². The molecule has 1 heterocycles. The number of hydrogen-bond donors (Lipinski definition) is 0. The molecule has 160 valence electrons. The number of hydrogen-bond acceptors (Lipinski definition) is 4. The van der Waals surface area contributed by atoms with Crippen LogP contribution in [0.2, 0.25) is 5.02 Å². The number of methoxy groups -OCH3 is 2. The predicted octanol–water partition coefficient (Wildman–Crippen LogP) is 3.41. The van der Waals surface area contributed by atoms with Gasteiger partial charge in [-0.1, -0.05) is 29.8 Å². The molecule has 3 rings (SSSR count). The molecule has 1 fully saturated rings. The van der Waals surface area contributed by atoms with Crippen molar-refractivity contribution < 1.29 is 19.1 Å². The van der Waals surface area contributed by atoms with Crippen LogP contribution in [0.5, 0.6) is 11.5 Å². The molecule has 2 aromatic carbocycles. The molecular formula is C23H27ClN2O4. The molecule has 2 aromatic rings. The quantitative estimate of drug-likeness (QED) is 0.644. The average molecular weight is 431 g/mol. The van der Waals surface area contributed by atoms with Crippen molar-refractivity contribution in [3.05, 3.63) is 58.6 Å². The molecule has 1 atom stereocenters. The van der Waals surface area contributed by atoms with Crippen molar-refractivity contribution in [3.63, 3.8) is 0 Å². The Balaban J connectivity index is 1.55. The molecule has 1 aliphatic heterocycles. The maximum Gasteiger partial charge on any atom is 0.228 e. The average Bonchev–Trinajstić information content (AvgIpc) is 3.13. The van der Waals surface area contributed by atoms with Crippen molar-refractivity contribution >= 4 is 23.4 Å². The first-order chi connectivity index (χ1) is 14.4. The zero-order valence-electron chi connectivity index (χ0n) is 17.6. The van der Waals surface area contributed by atoms with Crippen molar-refractivity contribution in [2.45, 2.75) is 19.4 Å². The van der Waals surface area contributed by atoms with E-state index in [0.717, 1.165) is 11.1 Å². The number of likely N-dealkylation sites (tertiary alicyclic amines) is 1. The lowest BCUT2D eigenvalue weighted by Crippen LogP contribution is -2.34. The third-order valence-corrected chi connectivity index (χ3v) is 5.64. The summed E-state index contributed by atoms with van der Waals surface area (Å²) in [6, 6.07) is 13.2. The number of amides is 2. The normalized spacial score (nSPS) is 15.9. The molecule has 1 aliphatic rings. The highest BCUT2D eigenvalue weighted by Gasteiger charge is 2.35. The van der Waals surface area contributed by atoms with Gasteiger partial charge in [-0.15, -0.1) is 0 Å². The third kappa shape index (κ3) is 5.25. The number of benzene rings is 2. The van der Waals surface area contributed by atoms with Crippen molar-refractivity contribution in [2.24, 2.45) is 5.92 Å². The van der Waals surface area contributed by atoms with E-state index in [9.17, 15) is 9.59 Å². The van der Waals surface area contributed by atoms with E-state index in [1.807, 2.05) is 42.5 Å². The number of nitrogens with zero attached hydrogens (tertiary/aromatic N) is 2. The van der Waals surface area contributed by atoms with Gasteiger partial charge in [0.1, 0.15) is 0 Å². The molecular weight excluding hydrogens is 404 g/mol. The first kappa shape index (κ1) is 22.0. The smallest absolute Gasteiger partial charge is 0.228 e. The molecule has 0 radical (unpaired) electrons. The Morgan fingerprint density at radius 3 is 2.43 bits per heavy atom. The van der Waals surface area contributed by atoms with E-state index in [4.69, 9.17) is 21.1 Å². The van der Waals surface area contributed by atoms with Crippen LogP contribution in [0.4, 0.5) is 0 Å². The molecule has 6 nitrogen and oxygen atoms in total. The number of carbonyl (C=O) groups excluding carboxylic acids is 2. The predicted molar refractivity (Wildman–Crippen MR) is 116 cm³/mol. The topological polar surface area (TPSA) is 59.1 Å². The highest BCUT2D eigenvalue weighted by Crippen LogP contribution is 2.28. The Kier molecular flexibility index (Phi) is 7.21. The fourth-order valence-electron chi connectivity index (χ4n) is 3.71. The maximum absolute atomic E-state index is 12.8. The molecule has 2 amide bonds. The number of halogens is 1. The van der Waals surface area contributed by atoms with Crippen LogP contribution in [-0.2, 0) is 22.6 Å². The van der Waals surface area contributed by atoms with Crippen molar-refractivity contribution in [1.82, 2.24) is 9.80 Å². The highest BCUT2D eigenvalue weighted by molar-refractivity contribution is 6.30. The number of ether oxygens (including phenoxy) is 2. The van der Waals surface area contributed by atoms with Crippen molar-refractivity contribution in [2.75, 3.05) is 34.4 Å². The van der Waals surface area contributed by atoms with E-state index in [1.54, 1.807) is 31.1 Å². The molecule has 0 aromatic heterocycles. The maximum atomic E-state index is 12.8. The Morgan fingerprint density at radius 2 is 1.77 bits per heavy atom. The first-order valence-corrected chi connectivity index (χ1v) is 10.3. The van der Waals surface area contributed by atoms with Gasteiger partial charge in [-0.05, 0) is 41.8 Å². The monoisotopic (exact) mass is 430 g/mol. The van der Waals surface area contributed by atoms with E-state index in [2.05, 4.69) is 0 Å². The summed E-state index contributed by atoms with van der Waals surface area (Å²) < 4.78 is 10.6. The van der Waals surface area contributed by atoms with Gasteiger partial charge in [0, 0.05) is 38.1 Å². The number of rotatable bonds is 8. The Labute approximate surface area is 182 Å². The summed E-state index contributed by atoms with van der Waals surface area (Å²) in [5.74, 6) is 1.05. The van der Waals surface area contributed by atoms with Crippen molar-refractivity contribution in [3.8, 4) is 11.5 Å². The van der Waals surface area contributed by atoms with Gasteiger partial charge in [-0.25, -0.2) is 0 Å². The second-order valence-corrected chi connectivity index (χ2v) is 7.94. The molecule has 0 aliphatic carbocycles. The summed E-state index contributed by atoms with van der Waals surface area (Å²) in [6.07, 6.45) is 0.948. The highest BCUT2D eigenvalue weighted by atomic mass is 35.5. The van der Waals surface area contributed by atoms with Gasteiger partial charge < -0.3 is 19.3 Å². The van der Waals surface area contributed by atoms with Crippen LogP contribution in [0.15, 0.2) is 42.5 Å². The summed E-state index contributed by atoms with van der Waals surface area (Å²) in [7, 11) is 4.97. The Hall–Kier alpha value is -2.73. The number of carbonyl (C=O) groups is 2. The van der Waals surface area contributed by atoms with E-state index in [0.29, 0.717) is 42.6 Å². The zero-order valence-corrected chi connectivity index (χ0v) is 18.3. The minimum atomic E-state index is -0.305. The second kappa shape index (κ2) is 9.85. The molecule has 1 saturated heterocycles. The fourth-order valence-corrected chi connectivity index (χ4v) is 3.83. The molecule has 0 spiro atoms. The van der Waals surface area contributed by atoms with Crippen LogP contribution in [0.3, 0.4) is 0 Å². The summed E-state index contributed by atoms with van der Waals surface area (Å²) in [4.78, 5) is 28.7. The summed E-state index contributed by atoms with van der Waals surface area (Å²) in [5.41, 5.74) is 2.06. The van der Waals surface area contributed by atoms with Crippen LogP contribution in [-0.4, -0.2) is 56.0 Å². The van der Waals surface area contributed by atoms with E-state index < -0.39 is 0 Å². The van der Waals surface area contributed by atoms with E-state index in [1.165, 1.54) is 0 Å². The van der Waals surface area contributed by atoms with Crippen LogP contribution in [0.1, 0.15) is 17.5 Å². The molecule has 0 bridgehead atoms. The van der Waals surface area contributed by atoms with Crippen LogP contribution < -0.4 is 9.47 Å². The largest absolute Gasteiger partial charge is 0.493 e. The minimum absolute atomic E-state index is 0.00748. The zero-order chi connectivity index (χ0) is 21.7.